The lowest BCUT2D eigenvalue weighted by molar-refractivity contribution is -0.120. The quantitative estimate of drug-likeness (QED) is 0.735. The van der Waals surface area contributed by atoms with Gasteiger partial charge in [-0.1, -0.05) is 15.9 Å². The molecule has 0 bridgehead atoms. The van der Waals surface area contributed by atoms with Crippen molar-refractivity contribution in [3.8, 4) is 11.5 Å². The lowest BCUT2D eigenvalue weighted by Gasteiger charge is -2.19. The molecule has 1 aromatic carbocycles. The van der Waals surface area contributed by atoms with Crippen LogP contribution in [0.1, 0.15) is 33.3 Å². The van der Waals surface area contributed by atoms with Crippen LogP contribution in [0.4, 0.5) is 0 Å². The molecule has 0 aromatic heterocycles. The van der Waals surface area contributed by atoms with Gasteiger partial charge in [-0.25, -0.2) is 0 Å². The van der Waals surface area contributed by atoms with Crippen LogP contribution in [0.15, 0.2) is 16.6 Å². The number of carbonyl (C=O) groups excluding carboxylic acids is 1. The van der Waals surface area contributed by atoms with Crippen molar-refractivity contribution in [2.75, 3.05) is 19.8 Å². The van der Waals surface area contributed by atoms with E-state index in [1.54, 1.807) is 0 Å². The van der Waals surface area contributed by atoms with Crippen LogP contribution < -0.4 is 20.5 Å². The second-order valence-electron chi connectivity index (χ2n) is 5.70. The number of amides is 1. The van der Waals surface area contributed by atoms with Crippen LogP contribution in [-0.2, 0) is 11.2 Å². The summed E-state index contributed by atoms with van der Waals surface area (Å²) in [5, 5.41) is 2.83. The van der Waals surface area contributed by atoms with Gasteiger partial charge in [0.05, 0.1) is 19.6 Å². The van der Waals surface area contributed by atoms with Crippen LogP contribution in [-0.4, -0.2) is 31.2 Å². The maximum atomic E-state index is 12.0. The first kappa shape index (κ1) is 18.8. The molecule has 1 rings (SSSR count). The Labute approximate surface area is 140 Å². The smallest absolute Gasteiger partial charge is 0.224 e. The molecule has 1 amide bonds. The van der Waals surface area contributed by atoms with Gasteiger partial charge in [0.2, 0.25) is 5.91 Å². The third kappa shape index (κ3) is 6.23. The van der Waals surface area contributed by atoms with E-state index in [0.29, 0.717) is 31.3 Å². The van der Waals surface area contributed by atoms with Gasteiger partial charge in [0, 0.05) is 16.6 Å². The highest BCUT2D eigenvalue weighted by molar-refractivity contribution is 9.10. The Kier molecular flexibility index (Phi) is 7.16. The number of nitrogens with two attached hydrogens (primary N) is 1. The predicted molar refractivity (Wildman–Crippen MR) is 91.5 cm³/mol. The molecular formula is C16H25BrN2O3. The van der Waals surface area contributed by atoms with Gasteiger partial charge < -0.3 is 20.5 Å². The highest BCUT2D eigenvalue weighted by Gasteiger charge is 2.16. The monoisotopic (exact) mass is 372 g/mol. The first-order valence-corrected chi connectivity index (χ1v) is 8.19. The minimum absolute atomic E-state index is 0.0779. The molecule has 1 aromatic rings. The fourth-order valence-corrected chi connectivity index (χ4v) is 2.27. The molecule has 0 aliphatic carbocycles. The van der Waals surface area contributed by atoms with Gasteiger partial charge in [0.1, 0.15) is 0 Å². The Morgan fingerprint density at radius 1 is 1.23 bits per heavy atom. The molecule has 6 heteroatoms. The Hall–Kier alpha value is -1.27. The topological polar surface area (TPSA) is 73.6 Å². The van der Waals surface area contributed by atoms with E-state index in [-0.39, 0.29) is 12.3 Å². The molecule has 0 unspecified atom stereocenters. The predicted octanol–water partition coefficient (Wildman–Crippen LogP) is 2.64. The van der Waals surface area contributed by atoms with Crippen molar-refractivity contribution in [2.45, 2.75) is 39.7 Å². The van der Waals surface area contributed by atoms with Crippen LogP contribution in [0.3, 0.4) is 0 Å². The minimum Gasteiger partial charge on any atom is -0.490 e. The van der Waals surface area contributed by atoms with E-state index in [4.69, 9.17) is 15.2 Å². The van der Waals surface area contributed by atoms with Gasteiger partial charge in [-0.15, -0.1) is 0 Å². The summed E-state index contributed by atoms with van der Waals surface area (Å²) in [4.78, 5) is 12.0. The van der Waals surface area contributed by atoms with Crippen LogP contribution in [0.5, 0.6) is 11.5 Å². The summed E-state index contributed by atoms with van der Waals surface area (Å²) in [6.07, 6.45) is 0.253. The number of halogens is 1. The minimum atomic E-state index is -0.428. The first-order valence-electron chi connectivity index (χ1n) is 7.40. The van der Waals surface area contributed by atoms with Crippen LogP contribution in [0, 0.1) is 0 Å². The molecule has 0 radical (unpaired) electrons. The zero-order chi connectivity index (χ0) is 16.8. The summed E-state index contributed by atoms with van der Waals surface area (Å²) in [5.41, 5.74) is 6.28. The van der Waals surface area contributed by atoms with E-state index in [2.05, 4.69) is 21.2 Å². The summed E-state index contributed by atoms with van der Waals surface area (Å²) in [6.45, 7) is 9.08. The SMILES string of the molecule is CCOc1cc(Br)c(CC(=O)NCC(C)(C)N)cc1OCC. The third-order valence-electron chi connectivity index (χ3n) is 2.80. The average molecular weight is 373 g/mol. The summed E-state index contributed by atoms with van der Waals surface area (Å²) in [6, 6.07) is 3.68. The van der Waals surface area contributed by atoms with E-state index in [1.165, 1.54) is 0 Å². The van der Waals surface area contributed by atoms with E-state index < -0.39 is 5.54 Å². The zero-order valence-electron chi connectivity index (χ0n) is 13.7. The van der Waals surface area contributed by atoms with E-state index >= 15 is 0 Å². The van der Waals surface area contributed by atoms with Crippen molar-refractivity contribution in [1.29, 1.82) is 0 Å². The maximum Gasteiger partial charge on any atom is 0.224 e. The van der Waals surface area contributed by atoms with Gasteiger partial charge in [0.25, 0.3) is 0 Å². The molecule has 0 spiro atoms. The molecule has 0 fully saturated rings. The number of hydrogen-bond donors (Lipinski definition) is 2. The number of rotatable bonds is 8. The van der Waals surface area contributed by atoms with Gasteiger partial charge in [-0.3, -0.25) is 4.79 Å². The van der Waals surface area contributed by atoms with Gasteiger partial charge in [0.15, 0.2) is 11.5 Å². The van der Waals surface area contributed by atoms with Crippen LogP contribution >= 0.6 is 15.9 Å². The van der Waals surface area contributed by atoms with E-state index in [1.807, 2.05) is 39.8 Å². The average Bonchev–Trinajstić information content (AvgIpc) is 2.41. The van der Waals surface area contributed by atoms with Crippen molar-refractivity contribution < 1.29 is 14.3 Å². The summed E-state index contributed by atoms with van der Waals surface area (Å²) < 4.78 is 12.0. The van der Waals surface area contributed by atoms with Gasteiger partial charge in [-0.05, 0) is 45.4 Å². The standard InChI is InChI=1S/C16H25BrN2O3/c1-5-21-13-7-11(12(17)9-14(13)22-6-2)8-15(20)19-10-16(3,4)18/h7,9H,5-6,8,10,18H2,1-4H3,(H,19,20). The highest BCUT2D eigenvalue weighted by Crippen LogP contribution is 2.34. The van der Waals surface area contributed by atoms with Gasteiger partial charge >= 0.3 is 0 Å². The molecule has 0 saturated carbocycles. The molecule has 5 nitrogen and oxygen atoms in total. The maximum absolute atomic E-state index is 12.0. The van der Waals surface area contributed by atoms with Crippen LogP contribution in [0.25, 0.3) is 0 Å². The molecule has 22 heavy (non-hydrogen) atoms. The Balaban J connectivity index is 2.85. The Morgan fingerprint density at radius 2 is 1.77 bits per heavy atom. The first-order chi connectivity index (χ1) is 10.3. The number of nitrogens with one attached hydrogen (secondary N) is 1. The summed E-state index contributed by atoms with van der Waals surface area (Å²) >= 11 is 3.48. The molecule has 124 valence electrons. The molecule has 0 saturated heterocycles. The van der Waals surface area contributed by atoms with Gasteiger partial charge in [-0.2, -0.15) is 0 Å². The molecular weight excluding hydrogens is 348 g/mol. The molecule has 3 N–H and O–H groups in total. The highest BCUT2D eigenvalue weighted by atomic mass is 79.9. The van der Waals surface area contributed by atoms with E-state index in [9.17, 15) is 4.79 Å². The summed E-state index contributed by atoms with van der Waals surface area (Å²) in [7, 11) is 0. The second kappa shape index (κ2) is 8.39. The molecule has 0 aliphatic rings. The third-order valence-corrected chi connectivity index (χ3v) is 3.54. The lowest BCUT2D eigenvalue weighted by atomic mass is 10.1. The number of benzene rings is 1. The summed E-state index contributed by atoms with van der Waals surface area (Å²) in [5.74, 6) is 1.24. The fraction of sp³-hybridized carbons (Fsp3) is 0.562. The van der Waals surface area contributed by atoms with Crippen molar-refractivity contribution in [3.05, 3.63) is 22.2 Å². The Bertz CT molecular complexity index is 513. The van der Waals surface area contributed by atoms with Crippen molar-refractivity contribution in [1.82, 2.24) is 5.32 Å². The van der Waals surface area contributed by atoms with Crippen molar-refractivity contribution in [3.63, 3.8) is 0 Å². The zero-order valence-corrected chi connectivity index (χ0v) is 15.2. The molecule has 0 aliphatic heterocycles. The lowest BCUT2D eigenvalue weighted by Crippen LogP contribution is -2.45. The molecule has 0 atom stereocenters. The largest absolute Gasteiger partial charge is 0.490 e. The number of carbonyl (C=O) groups is 1. The normalized spacial score (nSPS) is 11.2. The van der Waals surface area contributed by atoms with E-state index in [0.717, 1.165) is 10.0 Å². The number of ether oxygens (including phenoxy) is 2. The van der Waals surface area contributed by atoms with Crippen LogP contribution in [0.2, 0.25) is 0 Å². The second-order valence-corrected chi connectivity index (χ2v) is 6.55. The number of hydrogen-bond acceptors (Lipinski definition) is 4. The van der Waals surface area contributed by atoms with Crippen molar-refractivity contribution in [2.24, 2.45) is 5.73 Å². The fourth-order valence-electron chi connectivity index (χ4n) is 1.81. The van der Waals surface area contributed by atoms with Crippen molar-refractivity contribution >= 4 is 21.8 Å². The molecule has 0 heterocycles. The Morgan fingerprint density at radius 3 is 2.27 bits per heavy atom.